The van der Waals surface area contributed by atoms with Gasteiger partial charge in [0.05, 0.1) is 5.52 Å². The summed E-state index contributed by atoms with van der Waals surface area (Å²) in [6.07, 6.45) is 0. The van der Waals surface area contributed by atoms with Gasteiger partial charge in [0.1, 0.15) is 6.54 Å². The average molecular weight is 231 g/mol. The van der Waals surface area contributed by atoms with Crippen molar-refractivity contribution in [1.29, 1.82) is 0 Å². The van der Waals surface area contributed by atoms with Gasteiger partial charge in [-0.15, -0.1) is 0 Å². The third kappa shape index (κ3) is 2.05. The lowest BCUT2D eigenvalue weighted by atomic mass is 10.1. The number of amides is 1. The highest BCUT2D eigenvalue weighted by atomic mass is 16.2. The van der Waals surface area contributed by atoms with Gasteiger partial charge in [0.2, 0.25) is 0 Å². The number of pyridine rings is 1. The van der Waals surface area contributed by atoms with Crippen molar-refractivity contribution in [2.45, 2.75) is 13.5 Å². The zero-order valence-corrected chi connectivity index (χ0v) is 9.43. The number of nitrogens with two attached hydrogens (primary N) is 1. The van der Waals surface area contributed by atoms with Crippen molar-refractivity contribution in [3.05, 3.63) is 46.2 Å². The molecular weight excluding hydrogens is 218 g/mol. The smallest absolute Gasteiger partial charge is 0.253 e. The summed E-state index contributed by atoms with van der Waals surface area (Å²) in [4.78, 5) is 23.1. The molecule has 1 amide bonds. The standard InChI is InChI=1S/C12H13N3O2/c1-8-6-12(17)15(7-11(16)14-13)10-5-3-2-4-9(8)10/h2-6H,7,13H2,1H3,(H,14,16). The SMILES string of the molecule is Cc1cc(=O)n(CC(=O)NN)c2ccccc12. The summed E-state index contributed by atoms with van der Waals surface area (Å²) >= 11 is 0. The predicted octanol–water partition coefficient (Wildman–Crippen LogP) is 0.300. The number of rotatable bonds is 2. The third-order valence-corrected chi connectivity index (χ3v) is 2.69. The van der Waals surface area contributed by atoms with Gasteiger partial charge in [-0.05, 0) is 18.6 Å². The second-order valence-corrected chi connectivity index (χ2v) is 3.84. The molecular formula is C12H13N3O2. The molecule has 5 heteroatoms. The zero-order chi connectivity index (χ0) is 12.4. The van der Waals surface area contributed by atoms with Crippen molar-refractivity contribution in [1.82, 2.24) is 9.99 Å². The van der Waals surface area contributed by atoms with E-state index in [2.05, 4.69) is 0 Å². The lowest BCUT2D eigenvalue weighted by molar-refractivity contribution is -0.121. The van der Waals surface area contributed by atoms with Gasteiger partial charge in [0, 0.05) is 11.5 Å². The minimum atomic E-state index is -0.402. The summed E-state index contributed by atoms with van der Waals surface area (Å²) < 4.78 is 1.41. The fourth-order valence-corrected chi connectivity index (χ4v) is 1.85. The molecule has 0 bridgehead atoms. The van der Waals surface area contributed by atoms with Crippen LogP contribution in [0, 0.1) is 6.92 Å². The van der Waals surface area contributed by atoms with Crippen LogP contribution in [0.4, 0.5) is 0 Å². The molecule has 2 rings (SSSR count). The van der Waals surface area contributed by atoms with Crippen LogP contribution in [0.5, 0.6) is 0 Å². The molecule has 3 N–H and O–H groups in total. The normalized spacial score (nSPS) is 10.5. The Hall–Kier alpha value is -2.14. The van der Waals surface area contributed by atoms with Crippen LogP contribution in [0.25, 0.3) is 10.9 Å². The van der Waals surface area contributed by atoms with Crippen LogP contribution in [0.1, 0.15) is 5.56 Å². The summed E-state index contributed by atoms with van der Waals surface area (Å²) in [5.41, 5.74) is 3.45. The van der Waals surface area contributed by atoms with Crippen LogP contribution in [-0.2, 0) is 11.3 Å². The molecule has 2 aromatic rings. The number of hydrogen-bond acceptors (Lipinski definition) is 3. The van der Waals surface area contributed by atoms with Crippen molar-refractivity contribution in [3.8, 4) is 0 Å². The lowest BCUT2D eigenvalue weighted by Gasteiger charge is -2.10. The fourth-order valence-electron chi connectivity index (χ4n) is 1.85. The molecule has 1 heterocycles. The molecule has 0 saturated carbocycles. The van der Waals surface area contributed by atoms with Gasteiger partial charge >= 0.3 is 0 Å². The first-order chi connectivity index (χ1) is 8.13. The molecule has 0 radical (unpaired) electrons. The Morgan fingerprint density at radius 2 is 2.12 bits per heavy atom. The van der Waals surface area contributed by atoms with E-state index in [1.54, 1.807) is 0 Å². The number of fused-ring (bicyclic) bond motifs is 1. The number of para-hydroxylation sites is 1. The summed E-state index contributed by atoms with van der Waals surface area (Å²) in [6.45, 7) is 1.80. The van der Waals surface area contributed by atoms with Gasteiger partial charge in [0.15, 0.2) is 0 Å². The molecule has 0 unspecified atom stereocenters. The molecule has 0 aliphatic heterocycles. The molecule has 0 saturated heterocycles. The van der Waals surface area contributed by atoms with Crippen molar-refractivity contribution in [3.63, 3.8) is 0 Å². The first-order valence-corrected chi connectivity index (χ1v) is 5.22. The van der Waals surface area contributed by atoms with Crippen LogP contribution in [0.3, 0.4) is 0 Å². The van der Waals surface area contributed by atoms with E-state index in [9.17, 15) is 9.59 Å². The van der Waals surface area contributed by atoms with E-state index in [1.807, 2.05) is 36.6 Å². The number of aromatic nitrogens is 1. The highest BCUT2D eigenvalue weighted by Gasteiger charge is 2.08. The molecule has 0 atom stereocenters. The number of aryl methyl sites for hydroxylation is 1. The molecule has 0 fully saturated rings. The van der Waals surface area contributed by atoms with E-state index in [4.69, 9.17) is 5.84 Å². The maximum Gasteiger partial charge on any atom is 0.253 e. The Bertz CT molecular complexity index is 631. The molecule has 88 valence electrons. The van der Waals surface area contributed by atoms with Gasteiger partial charge in [-0.25, -0.2) is 5.84 Å². The summed E-state index contributed by atoms with van der Waals surface area (Å²) in [7, 11) is 0. The van der Waals surface area contributed by atoms with E-state index in [0.29, 0.717) is 0 Å². The quantitative estimate of drug-likeness (QED) is 0.443. The van der Waals surface area contributed by atoms with Crippen molar-refractivity contribution in [2.75, 3.05) is 0 Å². The summed E-state index contributed by atoms with van der Waals surface area (Å²) in [5, 5.41) is 0.955. The highest BCUT2D eigenvalue weighted by molar-refractivity contribution is 5.84. The maximum absolute atomic E-state index is 11.8. The Morgan fingerprint density at radius 1 is 1.41 bits per heavy atom. The third-order valence-electron chi connectivity index (χ3n) is 2.69. The largest absolute Gasteiger partial charge is 0.299 e. The Labute approximate surface area is 97.8 Å². The molecule has 0 aliphatic carbocycles. The Morgan fingerprint density at radius 3 is 2.82 bits per heavy atom. The lowest BCUT2D eigenvalue weighted by Crippen LogP contribution is -2.36. The number of nitrogens with one attached hydrogen (secondary N) is 1. The van der Waals surface area contributed by atoms with E-state index >= 15 is 0 Å². The molecule has 1 aromatic heterocycles. The molecule has 1 aromatic carbocycles. The minimum Gasteiger partial charge on any atom is -0.299 e. The number of carbonyl (C=O) groups excluding carboxylic acids is 1. The summed E-state index contributed by atoms with van der Waals surface area (Å²) in [6, 6.07) is 8.98. The first kappa shape index (κ1) is 11.3. The van der Waals surface area contributed by atoms with Crippen LogP contribution in [0.15, 0.2) is 35.1 Å². The predicted molar refractivity (Wildman–Crippen MR) is 65.3 cm³/mol. The van der Waals surface area contributed by atoms with E-state index in [-0.39, 0.29) is 12.1 Å². The zero-order valence-electron chi connectivity index (χ0n) is 9.43. The topological polar surface area (TPSA) is 77.1 Å². The van der Waals surface area contributed by atoms with Gasteiger partial charge in [0.25, 0.3) is 11.5 Å². The Balaban J connectivity index is 2.69. The van der Waals surface area contributed by atoms with Crippen LogP contribution >= 0.6 is 0 Å². The van der Waals surface area contributed by atoms with Crippen molar-refractivity contribution >= 4 is 16.8 Å². The first-order valence-electron chi connectivity index (χ1n) is 5.22. The van der Waals surface area contributed by atoms with Crippen molar-refractivity contribution < 1.29 is 4.79 Å². The van der Waals surface area contributed by atoms with Gasteiger partial charge in [-0.3, -0.25) is 19.6 Å². The average Bonchev–Trinajstić information content (AvgIpc) is 2.34. The number of hydrogen-bond donors (Lipinski definition) is 2. The minimum absolute atomic E-state index is 0.0733. The Kier molecular flexibility index (Phi) is 2.93. The van der Waals surface area contributed by atoms with Crippen LogP contribution in [0.2, 0.25) is 0 Å². The number of carbonyl (C=O) groups is 1. The molecule has 0 spiro atoms. The van der Waals surface area contributed by atoms with Gasteiger partial charge in [-0.1, -0.05) is 18.2 Å². The number of nitrogens with zero attached hydrogens (tertiary/aromatic N) is 1. The number of benzene rings is 1. The summed E-state index contributed by atoms with van der Waals surface area (Å²) in [5.74, 6) is 4.63. The van der Waals surface area contributed by atoms with Gasteiger partial charge < -0.3 is 0 Å². The number of hydrazine groups is 1. The van der Waals surface area contributed by atoms with E-state index in [0.717, 1.165) is 16.5 Å². The van der Waals surface area contributed by atoms with Crippen LogP contribution in [-0.4, -0.2) is 10.5 Å². The van der Waals surface area contributed by atoms with Crippen molar-refractivity contribution in [2.24, 2.45) is 5.84 Å². The van der Waals surface area contributed by atoms with E-state index in [1.165, 1.54) is 10.6 Å². The highest BCUT2D eigenvalue weighted by Crippen LogP contribution is 2.15. The monoisotopic (exact) mass is 231 g/mol. The second-order valence-electron chi connectivity index (χ2n) is 3.84. The van der Waals surface area contributed by atoms with Gasteiger partial charge in [-0.2, -0.15) is 0 Å². The second kappa shape index (κ2) is 4.39. The van der Waals surface area contributed by atoms with Crippen LogP contribution < -0.4 is 16.8 Å². The maximum atomic E-state index is 11.8. The van der Waals surface area contributed by atoms with E-state index < -0.39 is 5.91 Å². The molecule has 0 aliphatic rings. The molecule has 17 heavy (non-hydrogen) atoms. The molecule has 5 nitrogen and oxygen atoms in total. The fraction of sp³-hybridized carbons (Fsp3) is 0.167.